The van der Waals surface area contributed by atoms with E-state index >= 15 is 0 Å². The molecule has 0 aromatic carbocycles. The zero-order chi connectivity index (χ0) is 9.84. The van der Waals surface area contributed by atoms with Gasteiger partial charge in [-0.3, -0.25) is 0 Å². The Labute approximate surface area is 77.1 Å². The van der Waals surface area contributed by atoms with Crippen molar-refractivity contribution in [3.8, 4) is 0 Å². The van der Waals surface area contributed by atoms with Gasteiger partial charge in [-0.1, -0.05) is 6.92 Å². The molecule has 1 atom stereocenters. The largest absolute Gasteiger partial charge is 0.366 e. The third-order valence-corrected chi connectivity index (χ3v) is 2.06. The summed E-state index contributed by atoms with van der Waals surface area (Å²) in [6, 6.07) is 0. The first-order valence-corrected chi connectivity index (χ1v) is 4.30. The quantitative estimate of drug-likeness (QED) is 0.525. The molecule has 0 aliphatic rings. The normalized spacial score (nSPS) is 13.1. The Balaban J connectivity index is 2.50. The third-order valence-electron chi connectivity index (χ3n) is 2.06. The van der Waals surface area contributed by atoms with Crippen LogP contribution in [0.2, 0.25) is 0 Å². The first-order chi connectivity index (χ1) is 6.15. The predicted octanol–water partition coefficient (Wildman–Crippen LogP) is -0.898. The average Bonchev–Trinajstić information content (AvgIpc) is 2.44. The molecule has 1 rings (SSSR count). The van der Waals surface area contributed by atoms with Crippen LogP contribution in [0.1, 0.15) is 19.2 Å². The standard InChI is InChI=1S/C7H16N6/c1-5(4-8)2-3-6-11-12-7(9)13(6)10/h5H,2-4,8,10H2,1H3,(H2,9,12). The van der Waals surface area contributed by atoms with Crippen LogP contribution in [-0.2, 0) is 6.42 Å². The predicted molar refractivity (Wildman–Crippen MR) is 51.1 cm³/mol. The van der Waals surface area contributed by atoms with Crippen molar-refractivity contribution < 1.29 is 0 Å². The number of nitrogens with two attached hydrogens (primary N) is 3. The van der Waals surface area contributed by atoms with E-state index in [1.165, 1.54) is 4.68 Å². The van der Waals surface area contributed by atoms with Crippen molar-refractivity contribution in [2.45, 2.75) is 19.8 Å². The molecule has 0 amide bonds. The molecule has 6 N–H and O–H groups in total. The molecule has 0 aliphatic carbocycles. The Morgan fingerprint density at radius 1 is 1.46 bits per heavy atom. The van der Waals surface area contributed by atoms with Gasteiger partial charge in [-0.05, 0) is 18.9 Å². The van der Waals surface area contributed by atoms with Gasteiger partial charge in [-0.2, -0.15) is 0 Å². The minimum atomic E-state index is 0.246. The lowest BCUT2D eigenvalue weighted by molar-refractivity contribution is 0.532. The highest BCUT2D eigenvalue weighted by atomic mass is 15.4. The van der Waals surface area contributed by atoms with Crippen molar-refractivity contribution in [2.75, 3.05) is 18.1 Å². The average molecular weight is 184 g/mol. The maximum atomic E-state index is 5.57. The zero-order valence-electron chi connectivity index (χ0n) is 7.77. The van der Waals surface area contributed by atoms with E-state index in [0.29, 0.717) is 18.3 Å². The van der Waals surface area contributed by atoms with Gasteiger partial charge in [0, 0.05) is 6.42 Å². The molecule has 0 aliphatic heterocycles. The minimum absolute atomic E-state index is 0.246. The van der Waals surface area contributed by atoms with Gasteiger partial charge < -0.3 is 17.3 Å². The Morgan fingerprint density at radius 3 is 2.62 bits per heavy atom. The molecule has 0 spiro atoms. The molecule has 6 heteroatoms. The molecule has 13 heavy (non-hydrogen) atoms. The maximum absolute atomic E-state index is 5.57. The first kappa shape index (κ1) is 9.79. The molecule has 0 fully saturated rings. The fraction of sp³-hybridized carbons (Fsp3) is 0.714. The van der Waals surface area contributed by atoms with Gasteiger partial charge in [0.25, 0.3) is 0 Å². The van der Waals surface area contributed by atoms with E-state index in [4.69, 9.17) is 17.3 Å². The van der Waals surface area contributed by atoms with E-state index in [0.717, 1.165) is 12.8 Å². The monoisotopic (exact) mass is 184 g/mol. The summed E-state index contributed by atoms with van der Waals surface area (Å²) in [4.78, 5) is 0. The summed E-state index contributed by atoms with van der Waals surface area (Å²) in [5.41, 5.74) is 10.9. The lowest BCUT2D eigenvalue weighted by Crippen LogP contribution is -2.17. The van der Waals surface area contributed by atoms with Crippen molar-refractivity contribution >= 4 is 5.95 Å². The molecular weight excluding hydrogens is 168 g/mol. The van der Waals surface area contributed by atoms with E-state index < -0.39 is 0 Å². The number of anilines is 1. The Bertz CT molecular complexity index is 268. The van der Waals surface area contributed by atoms with Gasteiger partial charge in [0.05, 0.1) is 0 Å². The van der Waals surface area contributed by atoms with Crippen LogP contribution in [0.25, 0.3) is 0 Å². The lowest BCUT2D eigenvalue weighted by Gasteiger charge is -2.06. The van der Waals surface area contributed by atoms with Gasteiger partial charge in [0.15, 0.2) is 5.82 Å². The number of nitrogen functional groups attached to an aromatic ring is 2. The van der Waals surface area contributed by atoms with Crippen LogP contribution in [0, 0.1) is 5.92 Å². The molecule has 6 nitrogen and oxygen atoms in total. The van der Waals surface area contributed by atoms with Crippen LogP contribution in [0.4, 0.5) is 5.95 Å². The van der Waals surface area contributed by atoms with Crippen LogP contribution in [0.5, 0.6) is 0 Å². The summed E-state index contributed by atoms with van der Waals surface area (Å²) in [5, 5.41) is 7.50. The fourth-order valence-electron chi connectivity index (χ4n) is 1.00. The molecular formula is C7H16N6. The number of aromatic nitrogens is 3. The summed E-state index contributed by atoms with van der Waals surface area (Å²) in [6.45, 7) is 2.76. The summed E-state index contributed by atoms with van der Waals surface area (Å²) < 4.78 is 1.31. The number of hydrogen-bond donors (Lipinski definition) is 3. The highest BCUT2D eigenvalue weighted by Crippen LogP contribution is 2.06. The molecule has 1 unspecified atom stereocenters. The highest BCUT2D eigenvalue weighted by Gasteiger charge is 2.07. The summed E-state index contributed by atoms with van der Waals surface area (Å²) in [6.07, 6.45) is 1.71. The summed E-state index contributed by atoms with van der Waals surface area (Å²) in [5.74, 6) is 6.99. The molecule has 74 valence electrons. The highest BCUT2D eigenvalue weighted by molar-refractivity contribution is 5.16. The first-order valence-electron chi connectivity index (χ1n) is 4.30. The molecule has 0 radical (unpaired) electrons. The van der Waals surface area contributed by atoms with Gasteiger partial charge in [0.2, 0.25) is 5.95 Å². The zero-order valence-corrected chi connectivity index (χ0v) is 7.77. The second-order valence-corrected chi connectivity index (χ2v) is 3.22. The Kier molecular flexibility index (Phi) is 3.07. The second kappa shape index (κ2) is 4.08. The molecule has 0 bridgehead atoms. The van der Waals surface area contributed by atoms with E-state index in [1.807, 2.05) is 0 Å². The third kappa shape index (κ3) is 2.32. The van der Waals surface area contributed by atoms with E-state index in [1.54, 1.807) is 0 Å². The van der Waals surface area contributed by atoms with Crippen LogP contribution in [0.15, 0.2) is 0 Å². The van der Waals surface area contributed by atoms with E-state index in [-0.39, 0.29) is 5.95 Å². The molecule has 1 heterocycles. The topological polar surface area (TPSA) is 109 Å². The molecule has 1 aromatic rings. The van der Waals surface area contributed by atoms with Crippen LogP contribution < -0.4 is 17.3 Å². The van der Waals surface area contributed by atoms with Gasteiger partial charge >= 0.3 is 0 Å². The Morgan fingerprint density at radius 2 is 2.15 bits per heavy atom. The summed E-state index contributed by atoms with van der Waals surface area (Å²) in [7, 11) is 0. The van der Waals surface area contributed by atoms with Crippen molar-refractivity contribution in [1.29, 1.82) is 0 Å². The molecule has 1 aromatic heterocycles. The van der Waals surface area contributed by atoms with Crippen molar-refractivity contribution in [3.05, 3.63) is 5.82 Å². The van der Waals surface area contributed by atoms with Crippen molar-refractivity contribution in [3.63, 3.8) is 0 Å². The van der Waals surface area contributed by atoms with Gasteiger partial charge in [-0.25, -0.2) is 4.68 Å². The van der Waals surface area contributed by atoms with Crippen LogP contribution in [0.3, 0.4) is 0 Å². The number of nitrogens with zero attached hydrogens (tertiary/aromatic N) is 3. The van der Waals surface area contributed by atoms with Crippen molar-refractivity contribution in [2.24, 2.45) is 11.7 Å². The van der Waals surface area contributed by atoms with Crippen LogP contribution in [-0.4, -0.2) is 21.4 Å². The molecule has 0 saturated carbocycles. The number of hydrogen-bond acceptors (Lipinski definition) is 5. The second-order valence-electron chi connectivity index (χ2n) is 3.22. The smallest absolute Gasteiger partial charge is 0.240 e. The van der Waals surface area contributed by atoms with Gasteiger partial charge in [0.1, 0.15) is 0 Å². The number of rotatable bonds is 4. The molecule has 0 saturated heterocycles. The van der Waals surface area contributed by atoms with Gasteiger partial charge in [-0.15, -0.1) is 10.2 Å². The maximum Gasteiger partial charge on any atom is 0.240 e. The number of aryl methyl sites for hydroxylation is 1. The fourth-order valence-corrected chi connectivity index (χ4v) is 1.00. The minimum Gasteiger partial charge on any atom is -0.366 e. The van der Waals surface area contributed by atoms with E-state index in [2.05, 4.69) is 17.1 Å². The summed E-state index contributed by atoms with van der Waals surface area (Å²) >= 11 is 0. The lowest BCUT2D eigenvalue weighted by atomic mass is 10.1. The Hall–Kier alpha value is -1.30. The van der Waals surface area contributed by atoms with E-state index in [9.17, 15) is 0 Å². The van der Waals surface area contributed by atoms with Crippen molar-refractivity contribution in [1.82, 2.24) is 14.9 Å². The van der Waals surface area contributed by atoms with Crippen LogP contribution >= 0.6 is 0 Å². The SMILES string of the molecule is CC(CN)CCc1nnc(N)n1N.